The summed E-state index contributed by atoms with van der Waals surface area (Å²) in [5.74, 6) is 0.779. The largest absolute Gasteiger partial charge is 0.481 e. The third-order valence-corrected chi connectivity index (χ3v) is 5.58. The molecule has 0 radical (unpaired) electrons. The quantitative estimate of drug-likeness (QED) is 0.257. The van der Waals surface area contributed by atoms with Crippen molar-refractivity contribution < 1.29 is 18.6 Å². The second-order valence-corrected chi connectivity index (χ2v) is 7.62. The minimum Gasteiger partial charge on any atom is -0.481 e. The highest BCUT2D eigenvalue weighted by molar-refractivity contribution is 5.72. The maximum absolute atomic E-state index is 13.7. The molecule has 0 aliphatic carbocycles. The van der Waals surface area contributed by atoms with Crippen molar-refractivity contribution >= 4 is 6.02 Å². The topological polar surface area (TPSA) is 116 Å². The minimum atomic E-state index is -0.592. The van der Waals surface area contributed by atoms with Gasteiger partial charge in [-0.15, -0.1) is 0 Å². The van der Waals surface area contributed by atoms with Gasteiger partial charge in [-0.2, -0.15) is 4.39 Å². The third kappa shape index (κ3) is 3.99. The van der Waals surface area contributed by atoms with E-state index in [1.165, 1.54) is 12.3 Å². The Bertz CT molecular complexity index is 1390. The van der Waals surface area contributed by atoms with Crippen molar-refractivity contribution in [2.75, 3.05) is 13.7 Å². The number of nitrogens with zero attached hydrogens (tertiary/aromatic N) is 3. The van der Waals surface area contributed by atoms with Crippen molar-refractivity contribution in [2.45, 2.75) is 5.92 Å². The summed E-state index contributed by atoms with van der Waals surface area (Å²) in [5, 5.41) is 7.55. The van der Waals surface area contributed by atoms with Gasteiger partial charge in [-0.3, -0.25) is 10.4 Å². The first-order chi connectivity index (χ1) is 16.5. The summed E-state index contributed by atoms with van der Waals surface area (Å²) >= 11 is 0. The number of rotatable bonds is 5. The summed E-state index contributed by atoms with van der Waals surface area (Å²) in [7, 11) is 1.57. The van der Waals surface area contributed by atoms with E-state index in [-0.39, 0.29) is 18.5 Å². The van der Waals surface area contributed by atoms with E-state index in [0.717, 1.165) is 22.3 Å². The van der Waals surface area contributed by atoms with Gasteiger partial charge in [0, 0.05) is 40.7 Å². The van der Waals surface area contributed by atoms with Crippen LogP contribution in [0.4, 0.5) is 4.39 Å². The molecule has 9 heteroatoms. The lowest BCUT2D eigenvalue weighted by atomic mass is 9.86. The first-order valence-corrected chi connectivity index (χ1v) is 10.4. The number of pyridine rings is 3. The van der Waals surface area contributed by atoms with E-state index < -0.39 is 5.95 Å². The normalized spacial score (nSPS) is 13.9. The summed E-state index contributed by atoms with van der Waals surface area (Å²) in [6.07, 6.45) is 4.66. The van der Waals surface area contributed by atoms with Gasteiger partial charge >= 0.3 is 0 Å². The van der Waals surface area contributed by atoms with Gasteiger partial charge in [-0.25, -0.2) is 9.97 Å². The molecule has 3 aromatic heterocycles. The van der Waals surface area contributed by atoms with Crippen LogP contribution in [0.25, 0.3) is 22.4 Å². The van der Waals surface area contributed by atoms with E-state index in [0.29, 0.717) is 28.6 Å². The average molecular weight is 457 g/mol. The van der Waals surface area contributed by atoms with E-state index in [9.17, 15) is 4.39 Å². The highest BCUT2D eigenvalue weighted by atomic mass is 19.1. The van der Waals surface area contributed by atoms with Crippen LogP contribution >= 0.6 is 0 Å². The van der Waals surface area contributed by atoms with Crippen LogP contribution in [0.3, 0.4) is 0 Å². The van der Waals surface area contributed by atoms with Gasteiger partial charge in [0.25, 0.3) is 6.02 Å². The lowest BCUT2D eigenvalue weighted by molar-refractivity contribution is 0.274. The number of fused-ring (bicyclic) bond motifs is 2. The van der Waals surface area contributed by atoms with Crippen molar-refractivity contribution in [1.82, 2.24) is 15.0 Å². The third-order valence-electron chi connectivity index (χ3n) is 5.58. The van der Waals surface area contributed by atoms with Crippen LogP contribution in [0.5, 0.6) is 17.4 Å². The Morgan fingerprint density at radius 2 is 1.88 bits per heavy atom. The van der Waals surface area contributed by atoms with Crippen molar-refractivity contribution in [2.24, 2.45) is 5.73 Å². The summed E-state index contributed by atoms with van der Waals surface area (Å²) in [6, 6.07) is 14.0. The Morgan fingerprint density at radius 1 is 1.03 bits per heavy atom. The van der Waals surface area contributed by atoms with Crippen LogP contribution in [-0.4, -0.2) is 34.7 Å². The molecule has 0 saturated carbocycles. The molecule has 1 aliphatic heterocycles. The standard InChI is InChI=1S/C25H20FN5O3/c1-32-24-16(3-2-7-30-24)14-4-5-21-17(9-14)19(13-33-25(27)28)18-11-20(31-12-22(18)34-21)15-6-8-29-23(26)10-15/h2-12,19H,13H2,1H3,(H3,27,28). The van der Waals surface area contributed by atoms with Gasteiger partial charge in [0.2, 0.25) is 11.8 Å². The smallest absolute Gasteiger partial charge is 0.279 e. The number of nitrogens with one attached hydrogen (secondary N) is 1. The summed E-state index contributed by atoms with van der Waals surface area (Å²) < 4.78 is 30.7. The molecule has 4 heterocycles. The number of halogens is 1. The fraction of sp³-hybridized carbons (Fsp3) is 0.120. The fourth-order valence-electron chi connectivity index (χ4n) is 4.03. The predicted molar refractivity (Wildman–Crippen MR) is 123 cm³/mol. The molecule has 4 aromatic rings. The second-order valence-electron chi connectivity index (χ2n) is 7.62. The highest BCUT2D eigenvalue weighted by Gasteiger charge is 2.30. The number of aromatic nitrogens is 3. The van der Waals surface area contributed by atoms with Crippen LogP contribution in [0.2, 0.25) is 0 Å². The molecule has 1 unspecified atom stereocenters. The fourth-order valence-corrected chi connectivity index (χ4v) is 4.03. The van der Waals surface area contributed by atoms with Crippen LogP contribution < -0.4 is 15.2 Å². The maximum atomic E-state index is 13.7. The summed E-state index contributed by atoms with van der Waals surface area (Å²) in [4.78, 5) is 12.3. The van der Waals surface area contributed by atoms with E-state index >= 15 is 0 Å². The van der Waals surface area contributed by atoms with Gasteiger partial charge in [-0.05, 0) is 42.0 Å². The molecule has 1 aliphatic rings. The molecule has 170 valence electrons. The highest BCUT2D eigenvalue weighted by Crippen LogP contribution is 2.46. The lowest BCUT2D eigenvalue weighted by Gasteiger charge is -2.28. The van der Waals surface area contributed by atoms with Gasteiger partial charge in [0.15, 0.2) is 0 Å². The molecule has 8 nitrogen and oxygen atoms in total. The van der Waals surface area contributed by atoms with Crippen LogP contribution in [0, 0.1) is 11.4 Å². The zero-order valence-electron chi connectivity index (χ0n) is 18.2. The van der Waals surface area contributed by atoms with E-state index in [1.54, 1.807) is 25.6 Å². The number of ether oxygens (including phenoxy) is 3. The van der Waals surface area contributed by atoms with Crippen LogP contribution in [0.15, 0.2) is 67.1 Å². The number of benzene rings is 1. The zero-order valence-corrected chi connectivity index (χ0v) is 18.2. The molecule has 1 aromatic carbocycles. The first-order valence-electron chi connectivity index (χ1n) is 10.4. The van der Waals surface area contributed by atoms with Crippen molar-refractivity contribution in [3.8, 4) is 39.8 Å². The monoisotopic (exact) mass is 457 g/mol. The molecule has 0 saturated heterocycles. The summed E-state index contributed by atoms with van der Waals surface area (Å²) in [6.45, 7) is 0.112. The van der Waals surface area contributed by atoms with E-state index in [4.69, 9.17) is 25.4 Å². The van der Waals surface area contributed by atoms with Gasteiger partial charge < -0.3 is 19.9 Å². The molecular formula is C25H20FN5O3. The van der Waals surface area contributed by atoms with Crippen molar-refractivity contribution in [3.63, 3.8) is 0 Å². The van der Waals surface area contributed by atoms with Gasteiger partial charge in [0.05, 0.1) is 24.9 Å². The molecule has 34 heavy (non-hydrogen) atoms. The maximum Gasteiger partial charge on any atom is 0.279 e. The molecule has 0 spiro atoms. The Labute approximate surface area is 194 Å². The zero-order chi connectivity index (χ0) is 23.7. The molecule has 0 bridgehead atoms. The van der Waals surface area contributed by atoms with Crippen LogP contribution in [0.1, 0.15) is 17.0 Å². The predicted octanol–water partition coefficient (Wildman–Crippen LogP) is 4.50. The Kier molecular flexibility index (Phi) is 5.51. The molecule has 0 amide bonds. The Balaban J connectivity index is 1.62. The molecule has 5 rings (SSSR count). The van der Waals surface area contributed by atoms with Crippen molar-refractivity contribution in [1.29, 1.82) is 5.41 Å². The average Bonchev–Trinajstić information content (AvgIpc) is 2.86. The Morgan fingerprint density at radius 3 is 2.68 bits per heavy atom. The summed E-state index contributed by atoms with van der Waals surface area (Å²) in [5.41, 5.74) is 9.97. The molecular weight excluding hydrogens is 437 g/mol. The van der Waals surface area contributed by atoms with Gasteiger partial charge in [-0.1, -0.05) is 6.07 Å². The lowest BCUT2D eigenvalue weighted by Crippen LogP contribution is -2.22. The molecule has 0 fully saturated rings. The number of hydrogen-bond acceptors (Lipinski definition) is 7. The number of methoxy groups -OCH3 is 1. The van der Waals surface area contributed by atoms with E-state index in [2.05, 4.69) is 15.0 Å². The SMILES string of the molecule is COc1ncccc1-c1ccc2c(c1)C(COC(=N)N)c1cc(-c3ccnc(F)c3)ncc1O2. The van der Waals surface area contributed by atoms with Crippen LogP contribution in [-0.2, 0) is 4.74 Å². The molecule has 1 atom stereocenters. The van der Waals surface area contributed by atoms with Crippen molar-refractivity contribution in [3.05, 3.63) is 84.2 Å². The minimum absolute atomic E-state index is 0.112. The second kappa shape index (κ2) is 8.78. The van der Waals surface area contributed by atoms with Gasteiger partial charge in [0.1, 0.15) is 18.1 Å². The number of nitrogens with two attached hydrogens (primary N) is 1. The van der Waals surface area contributed by atoms with E-state index in [1.807, 2.05) is 36.4 Å². The number of hydrogen-bond donors (Lipinski definition) is 2. The number of amidine groups is 1. The Hall–Kier alpha value is -4.53. The first kappa shape index (κ1) is 21.3. The molecule has 3 N–H and O–H groups in total.